The predicted octanol–water partition coefficient (Wildman–Crippen LogP) is 4.51. The molecule has 0 saturated carbocycles. The Balaban J connectivity index is 2.94. The first kappa shape index (κ1) is 14.9. The molecule has 2 atom stereocenters. The summed E-state index contributed by atoms with van der Waals surface area (Å²) in [5, 5.41) is 3.48. The molecule has 98 valence electrons. The monoisotopic (exact) mass is 261 g/mol. The van der Waals surface area contributed by atoms with E-state index in [2.05, 4.69) is 63.9 Å². The molecule has 0 spiro atoms. The van der Waals surface area contributed by atoms with Gasteiger partial charge in [0.25, 0.3) is 0 Å². The lowest BCUT2D eigenvalue weighted by molar-refractivity contribution is 0.484. The minimum Gasteiger partial charge on any atom is -0.372 e. The van der Waals surface area contributed by atoms with E-state index in [1.807, 2.05) is 12.1 Å². The van der Waals surface area contributed by atoms with Crippen molar-refractivity contribution in [3.8, 4) is 0 Å². The van der Waals surface area contributed by atoms with Crippen molar-refractivity contribution in [3.05, 3.63) is 48.6 Å². The molecule has 1 N–H and O–H groups in total. The summed E-state index contributed by atoms with van der Waals surface area (Å²) in [4.78, 5) is 0.894. The molecule has 0 heterocycles. The first-order valence-electron chi connectivity index (χ1n) is 6.34. The highest BCUT2D eigenvalue weighted by molar-refractivity contribution is 7.80. The first-order valence-corrected chi connectivity index (χ1v) is 6.75. The number of hydrogen-bond acceptors (Lipinski definition) is 1. The summed E-state index contributed by atoms with van der Waals surface area (Å²) in [5.41, 5.74) is 1.24. The number of benzene rings is 1. The standard InChI is InChI=1S/C16H23NS/c1-6-12(2)14(13-10-8-7-9-11-13)17-15(18)16(3,4)5/h6-12,14H,1H2,2-5H3,(H,17,18). The van der Waals surface area contributed by atoms with Gasteiger partial charge in [0.1, 0.15) is 0 Å². The highest BCUT2D eigenvalue weighted by Crippen LogP contribution is 2.25. The lowest BCUT2D eigenvalue weighted by Crippen LogP contribution is -2.38. The molecule has 2 heteroatoms. The molecule has 18 heavy (non-hydrogen) atoms. The molecular weight excluding hydrogens is 238 g/mol. The fourth-order valence-corrected chi connectivity index (χ4v) is 1.80. The van der Waals surface area contributed by atoms with Crippen molar-refractivity contribution in [3.63, 3.8) is 0 Å². The second-order valence-corrected chi connectivity index (χ2v) is 6.11. The molecular formula is C16H23NS. The van der Waals surface area contributed by atoms with E-state index in [-0.39, 0.29) is 11.5 Å². The highest BCUT2D eigenvalue weighted by atomic mass is 32.1. The maximum absolute atomic E-state index is 5.49. The zero-order chi connectivity index (χ0) is 13.8. The zero-order valence-corrected chi connectivity index (χ0v) is 12.6. The van der Waals surface area contributed by atoms with E-state index in [1.54, 1.807) is 0 Å². The summed E-state index contributed by atoms with van der Waals surface area (Å²) in [5.74, 6) is 0.327. The van der Waals surface area contributed by atoms with Gasteiger partial charge in [0.2, 0.25) is 0 Å². The lowest BCUT2D eigenvalue weighted by Gasteiger charge is -2.30. The van der Waals surface area contributed by atoms with Crippen LogP contribution in [0.3, 0.4) is 0 Å². The minimum absolute atomic E-state index is 0.0107. The molecule has 0 amide bonds. The molecule has 2 unspecified atom stereocenters. The van der Waals surface area contributed by atoms with Crippen molar-refractivity contribution in [1.82, 2.24) is 5.32 Å². The summed E-state index contributed by atoms with van der Waals surface area (Å²) in [6.45, 7) is 12.4. The molecule has 0 aliphatic carbocycles. The van der Waals surface area contributed by atoms with Crippen LogP contribution < -0.4 is 5.32 Å². The fourth-order valence-electron chi connectivity index (χ4n) is 1.67. The van der Waals surface area contributed by atoms with E-state index < -0.39 is 0 Å². The Morgan fingerprint density at radius 2 is 1.83 bits per heavy atom. The fraction of sp³-hybridized carbons (Fsp3) is 0.438. The van der Waals surface area contributed by atoms with Crippen LogP contribution in [0.2, 0.25) is 0 Å². The van der Waals surface area contributed by atoms with Gasteiger partial charge in [-0.2, -0.15) is 0 Å². The normalized spacial score (nSPS) is 14.7. The SMILES string of the molecule is C=CC(C)C(NC(=S)C(C)(C)C)c1ccccc1. The Morgan fingerprint density at radius 3 is 2.28 bits per heavy atom. The largest absolute Gasteiger partial charge is 0.372 e. The summed E-state index contributed by atoms with van der Waals surface area (Å²) >= 11 is 5.49. The van der Waals surface area contributed by atoms with E-state index in [0.717, 1.165) is 4.99 Å². The van der Waals surface area contributed by atoms with E-state index in [9.17, 15) is 0 Å². The average molecular weight is 261 g/mol. The van der Waals surface area contributed by atoms with Gasteiger partial charge >= 0.3 is 0 Å². The predicted molar refractivity (Wildman–Crippen MR) is 83.7 cm³/mol. The Labute approximate surface area is 116 Å². The van der Waals surface area contributed by atoms with Gasteiger partial charge in [0, 0.05) is 5.41 Å². The van der Waals surface area contributed by atoms with Crippen molar-refractivity contribution < 1.29 is 0 Å². The van der Waals surface area contributed by atoms with Crippen LogP contribution in [-0.4, -0.2) is 4.99 Å². The molecule has 0 bridgehead atoms. The van der Waals surface area contributed by atoms with Crippen LogP contribution >= 0.6 is 12.2 Å². The van der Waals surface area contributed by atoms with E-state index >= 15 is 0 Å². The summed E-state index contributed by atoms with van der Waals surface area (Å²) in [6, 6.07) is 10.6. The van der Waals surface area contributed by atoms with Crippen molar-refractivity contribution in [2.24, 2.45) is 11.3 Å². The molecule has 0 saturated heterocycles. The van der Waals surface area contributed by atoms with Crippen molar-refractivity contribution in [2.75, 3.05) is 0 Å². The summed E-state index contributed by atoms with van der Waals surface area (Å²) in [7, 11) is 0. The van der Waals surface area contributed by atoms with Crippen LogP contribution in [0.25, 0.3) is 0 Å². The minimum atomic E-state index is -0.0107. The molecule has 1 aromatic carbocycles. The van der Waals surface area contributed by atoms with Gasteiger partial charge in [-0.3, -0.25) is 0 Å². The smallest absolute Gasteiger partial charge is 0.0812 e. The van der Waals surface area contributed by atoms with Gasteiger partial charge in [-0.25, -0.2) is 0 Å². The second kappa shape index (κ2) is 6.14. The van der Waals surface area contributed by atoms with Crippen molar-refractivity contribution in [1.29, 1.82) is 0 Å². The molecule has 0 aromatic heterocycles. The molecule has 1 rings (SSSR count). The maximum atomic E-state index is 5.49. The van der Waals surface area contributed by atoms with Gasteiger partial charge in [0.15, 0.2) is 0 Å². The van der Waals surface area contributed by atoms with Crippen LogP contribution in [0.5, 0.6) is 0 Å². The van der Waals surface area contributed by atoms with E-state index in [0.29, 0.717) is 5.92 Å². The third kappa shape index (κ3) is 3.95. The Bertz CT molecular complexity index is 403. The lowest BCUT2D eigenvalue weighted by atomic mass is 9.91. The summed E-state index contributed by atoms with van der Waals surface area (Å²) in [6.07, 6.45) is 1.97. The third-order valence-corrected chi connectivity index (χ3v) is 3.75. The van der Waals surface area contributed by atoms with Crippen molar-refractivity contribution in [2.45, 2.75) is 33.7 Å². The van der Waals surface area contributed by atoms with E-state index in [1.165, 1.54) is 5.56 Å². The van der Waals surface area contributed by atoms with E-state index in [4.69, 9.17) is 12.2 Å². The summed E-state index contributed by atoms with van der Waals surface area (Å²) < 4.78 is 0. The third-order valence-electron chi connectivity index (χ3n) is 3.02. The van der Waals surface area contributed by atoms with Crippen molar-refractivity contribution >= 4 is 17.2 Å². The first-order chi connectivity index (χ1) is 8.36. The van der Waals surface area contributed by atoms with Crippen LogP contribution in [-0.2, 0) is 0 Å². The molecule has 0 fully saturated rings. The number of hydrogen-bond donors (Lipinski definition) is 1. The Kier molecular flexibility index (Phi) is 5.09. The van der Waals surface area contributed by atoms with Crippen LogP contribution in [0.1, 0.15) is 39.3 Å². The highest BCUT2D eigenvalue weighted by Gasteiger charge is 2.23. The number of nitrogens with one attached hydrogen (secondary N) is 1. The van der Waals surface area contributed by atoms with Crippen LogP contribution in [0.15, 0.2) is 43.0 Å². The number of thiocarbonyl (C=S) groups is 1. The van der Waals surface area contributed by atoms with Gasteiger partial charge in [-0.05, 0) is 11.5 Å². The Hall–Kier alpha value is -1.15. The quantitative estimate of drug-likeness (QED) is 0.632. The van der Waals surface area contributed by atoms with Crippen LogP contribution in [0, 0.1) is 11.3 Å². The average Bonchev–Trinajstić information content (AvgIpc) is 2.34. The van der Waals surface area contributed by atoms with Gasteiger partial charge < -0.3 is 5.32 Å². The molecule has 0 aliphatic heterocycles. The number of rotatable bonds is 4. The van der Waals surface area contributed by atoms with Gasteiger partial charge in [-0.1, -0.05) is 76.3 Å². The molecule has 0 aliphatic rings. The molecule has 0 radical (unpaired) electrons. The van der Waals surface area contributed by atoms with Crippen LogP contribution in [0.4, 0.5) is 0 Å². The molecule has 1 nitrogen and oxygen atoms in total. The topological polar surface area (TPSA) is 12.0 Å². The van der Waals surface area contributed by atoms with Gasteiger partial charge in [0.05, 0.1) is 11.0 Å². The maximum Gasteiger partial charge on any atom is 0.0812 e. The van der Waals surface area contributed by atoms with Gasteiger partial charge in [-0.15, -0.1) is 6.58 Å². The molecule has 1 aromatic rings. The second-order valence-electron chi connectivity index (χ2n) is 5.71. The Morgan fingerprint density at radius 1 is 1.28 bits per heavy atom. The zero-order valence-electron chi connectivity index (χ0n) is 11.7.